The van der Waals surface area contributed by atoms with Crippen LogP contribution in [0.4, 0.5) is 0 Å². The number of hydrogen-bond donors (Lipinski definition) is 2. The Balaban J connectivity index is 1.40. The molecule has 0 spiro atoms. The average molecular weight is 385 g/mol. The molecule has 1 aromatic carbocycles. The highest BCUT2D eigenvalue weighted by atomic mass is 32.1. The SMILES string of the molecule is Cc1sc(C(=O)CCc2ccc(C[C@H](O)CO)cc2)c2c1[C@H]1[C@@H](C2)C1(C)C. The molecule has 4 heteroatoms. The smallest absolute Gasteiger partial charge is 0.173 e. The second-order valence-electron chi connectivity index (χ2n) is 8.77. The first-order chi connectivity index (χ1) is 12.8. The van der Waals surface area contributed by atoms with Crippen molar-refractivity contribution in [3.8, 4) is 0 Å². The van der Waals surface area contributed by atoms with Crippen LogP contribution in [0.15, 0.2) is 24.3 Å². The van der Waals surface area contributed by atoms with Gasteiger partial charge in [-0.25, -0.2) is 0 Å². The lowest BCUT2D eigenvalue weighted by atomic mass is 9.94. The van der Waals surface area contributed by atoms with E-state index in [0.29, 0.717) is 24.2 Å². The second kappa shape index (κ2) is 6.84. The fraction of sp³-hybridized carbons (Fsp3) is 0.522. The molecule has 1 fully saturated rings. The molecule has 0 amide bonds. The molecule has 0 aliphatic heterocycles. The van der Waals surface area contributed by atoms with Gasteiger partial charge in [-0.05, 0) is 59.3 Å². The average Bonchev–Trinajstić information content (AvgIpc) is 2.97. The molecule has 2 N–H and O–H groups in total. The molecule has 0 saturated heterocycles. The maximum atomic E-state index is 12.9. The Labute approximate surface area is 165 Å². The third kappa shape index (κ3) is 3.28. The summed E-state index contributed by atoms with van der Waals surface area (Å²) in [4.78, 5) is 15.2. The number of carbonyl (C=O) groups is 1. The number of carbonyl (C=O) groups excluding carboxylic acids is 1. The van der Waals surface area contributed by atoms with Crippen molar-refractivity contribution in [3.63, 3.8) is 0 Å². The van der Waals surface area contributed by atoms with Crippen LogP contribution in [0.2, 0.25) is 0 Å². The van der Waals surface area contributed by atoms with E-state index >= 15 is 0 Å². The van der Waals surface area contributed by atoms with Crippen LogP contribution in [-0.4, -0.2) is 28.7 Å². The van der Waals surface area contributed by atoms with E-state index in [1.807, 2.05) is 24.3 Å². The van der Waals surface area contributed by atoms with Crippen molar-refractivity contribution < 1.29 is 15.0 Å². The Kier molecular flexibility index (Phi) is 4.77. The molecule has 3 nitrogen and oxygen atoms in total. The summed E-state index contributed by atoms with van der Waals surface area (Å²) < 4.78 is 0. The van der Waals surface area contributed by atoms with E-state index in [0.717, 1.165) is 34.8 Å². The summed E-state index contributed by atoms with van der Waals surface area (Å²) in [5.74, 6) is 1.69. The molecule has 1 aromatic heterocycles. The second-order valence-corrected chi connectivity index (χ2v) is 9.99. The first-order valence-electron chi connectivity index (χ1n) is 9.85. The lowest BCUT2D eigenvalue weighted by Gasteiger charge is -2.10. The molecular weight excluding hydrogens is 356 g/mol. The first-order valence-corrected chi connectivity index (χ1v) is 10.7. The molecule has 2 aromatic rings. The third-order valence-corrected chi connectivity index (χ3v) is 7.82. The van der Waals surface area contributed by atoms with E-state index in [4.69, 9.17) is 5.11 Å². The number of Topliss-reactive ketones (excluding diaryl/α,β-unsaturated/α-hetero) is 1. The Morgan fingerprint density at radius 2 is 1.93 bits per heavy atom. The molecule has 2 aliphatic carbocycles. The molecule has 0 unspecified atom stereocenters. The third-order valence-electron chi connectivity index (χ3n) is 6.62. The number of hydrogen-bond acceptors (Lipinski definition) is 4. The Bertz CT molecular complexity index is 862. The van der Waals surface area contributed by atoms with Crippen LogP contribution < -0.4 is 0 Å². The zero-order valence-electron chi connectivity index (χ0n) is 16.3. The minimum Gasteiger partial charge on any atom is -0.394 e. The summed E-state index contributed by atoms with van der Waals surface area (Å²) in [6.07, 6.45) is 2.11. The number of aryl methyl sites for hydroxylation is 2. The van der Waals surface area contributed by atoms with Crippen molar-refractivity contribution in [1.82, 2.24) is 0 Å². The molecule has 1 saturated carbocycles. The molecule has 0 bridgehead atoms. The zero-order chi connectivity index (χ0) is 19.3. The lowest BCUT2D eigenvalue weighted by molar-refractivity contribution is 0.0955. The van der Waals surface area contributed by atoms with E-state index in [1.165, 1.54) is 16.0 Å². The van der Waals surface area contributed by atoms with Gasteiger partial charge in [0.25, 0.3) is 0 Å². The van der Waals surface area contributed by atoms with Crippen LogP contribution in [0, 0.1) is 18.3 Å². The largest absolute Gasteiger partial charge is 0.394 e. The van der Waals surface area contributed by atoms with Crippen LogP contribution in [-0.2, 0) is 19.3 Å². The quantitative estimate of drug-likeness (QED) is 0.708. The van der Waals surface area contributed by atoms with E-state index in [2.05, 4.69) is 20.8 Å². The molecule has 144 valence electrons. The monoisotopic (exact) mass is 384 g/mol. The Hall–Kier alpha value is -1.49. The topological polar surface area (TPSA) is 57.5 Å². The maximum absolute atomic E-state index is 12.9. The van der Waals surface area contributed by atoms with Crippen molar-refractivity contribution in [2.75, 3.05) is 6.61 Å². The summed E-state index contributed by atoms with van der Waals surface area (Å²) in [5.41, 5.74) is 5.40. The predicted octanol–water partition coefficient (Wildman–Crippen LogP) is 4.06. The summed E-state index contributed by atoms with van der Waals surface area (Å²) in [6, 6.07) is 7.99. The summed E-state index contributed by atoms with van der Waals surface area (Å²) in [6.45, 7) is 6.66. The fourth-order valence-corrected chi connectivity index (χ4v) is 6.11. The number of aliphatic hydroxyl groups excluding tert-OH is 2. The van der Waals surface area contributed by atoms with Gasteiger partial charge in [0.1, 0.15) is 0 Å². The van der Waals surface area contributed by atoms with Gasteiger partial charge in [0.15, 0.2) is 5.78 Å². The van der Waals surface area contributed by atoms with Crippen molar-refractivity contribution in [2.45, 2.75) is 58.5 Å². The maximum Gasteiger partial charge on any atom is 0.173 e. The van der Waals surface area contributed by atoms with Gasteiger partial charge < -0.3 is 10.2 Å². The number of rotatable bonds is 7. The van der Waals surface area contributed by atoms with E-state index in [1.54, 1.807) is 11.3 Å². The van der Waals surface area contributed by atoms with Crippen molar-refractivity contribution in [1.29, 1.82) is 0 Å². The van der Waals surface area contributed by atoms with Crippen LogP contribution in [0.3, 0.4) is 0 Å². The number of aliphatic hydroxyl groups is 2. The molecular formula is C23H28O3S. The van der Waals surface area contributed by atoms with Crippen molar-refractivity contribution in [3.05, 3.63) is 56.3 Å². The van der Waals surface area contributed by atoms with Gasteiger partial charge in [-0.2, -0.15) is 0 Å². The van der Waals surface area contributed by atoms with Gasteiger partial charge in [0, 0.05) is 17.7 Å². The van der Waals surface area contributed by atoms with Crippen LogP contribution in [0.1, 0.15) is 63.0 Å². The molecule has 27 heavy (non-hydrogen) atoms. The Morgan fingerprint density at radius 3 is 2.59 bits per heavy atom. The summed E-state index contributed by atoms with van der Waals surface area (Å²) >= 11 is 1.70. The minimum absolute atomic E-state index is 0.223. The van der Waals surface area contributed by atoms with Gasteiger partial charge >= 0.3 is 0 Å². The van der Waals surface area contributed by atoms with Gasteiger partial charge in [-0.15, -0.1) is 11.3 Å². The molecule has 3 atom stereocenters. The highest BCUT2D eigenvalue weighted by Gasteiger charge is 2.63. The molecule has 4 rings (SSSR count). The summed E-state index contributed by atoms with van der Waals surface area (Å²) in [5, 5.41) is 18.5. The number of benzene rings is 1. The molecule has 2 aliphatic rings. The standard InChI is InChI=1S/C23H28O3S/c1-13-20-17(11-18-21(20)23(18,2)3)22(27-13)19(26)9-8-14-4-6-15(7-5-14)10-16(25)12-24/h4-7,16,18,21,24-25H,8-12H2,1-3H3/t16-,18+,21+/m0/s1. The zero-order valence-corrected chi connectivity index (χ0v) is 17.1. The number of fused-ring (bicyclic) bond motifs is 3. The molecule has 1 heterocycles. The minimum atomic E-state index is -0.710. The highest BCUT2D eigenvalue weighted by molar-refractivity contribution is 7.14. The van der Waals surface area contributed by atoms with Crippen LogP contribution in [0.5, 0.6) is 0 Å². The summed E-state index contributed by atoms with van der Waals surface area (Å²) in [7, 11) is 0. The molecule has 0 radical (unpaired) electrons. The van der Waals surface area contributed by atoms with Crippen LogP contribution >= 0.6 is 11.3 Å². The van der Waals surface area contributed by atoms with E-state index < -0.39 is 6.10 Å². The Morgan fingerprint density at radius 1 is 1.26 bits per heavy atom. The van der Waals surface area contributed by atoms with Gasteiger partial charge in [-0.3, -0.25) is 4.79 Å². The fourth-order valence-electron chi connectivity index (χ4n) is 4.91. The van der Waals surface area contributed by atoms with E-state index in [-0.39, 0.29) is 12.4 Å². The highest BCUT2D eigenvalue weighted by Crippen LogP contribution is 2.71. The van der Waals surface area contributed by atoms with Gasteiger partial charge in [0.05, 0.1) is 17.6 Å². The van der Waals surface area contributed by atoms with Gasteiger partial charge in [-0.1, -0.05) is 38.1 Å². The lowest BCUT2D eigenvalue weighted by Crippen LogP contribution is -2.14. The number of ketones is 1. The first kappa shape index (κ1) is 18.9. The van der Waals surface area contributed by atoms with Crippen LogP contribution in [0.25, 0.3) is 0 Å². The predicted molar refractivity (Wildman–Crippen MR) is 109 cm³/mol. The van der Waals surface area contributed by atoms with Gasteiger partial charge in [0.2, 0.25) is 0 Å². The van der Waals surface area contributed by atoms with E-state index in [9.17, 15) is 9.90 Å². The normalized spacial score (nSPS) is 23.0. The van der Waals surface area contributed by atoms with Crippen molar-refractivity contribution >= 4 is 17.1 Å². The number of thiophene rings is 1. The van der Waals surface area contributed by atoms with Crippen molar-refractivity contribution in [2.24, 2.45) is 11.3 Å².